The fourth-order valence-electron chi connectivity index (χ4n) is 4.35. The molecule has 2 N–H and O–H groups in total. The summed E-state index contributed by atoms with van der Waals surface area (Å²) in [6.45, 7) is 10.6. The summed E-state index contributed by atoms with van der Waals surface area (Å²) in [5.41, 5.74) is 1.84. The van der Waals surface area contributed by atoms with E-state index < -0.39 is 0 Å². The van der Waals surface area contributed by atoms with Crippen LogP contribution in [-0.2, 0) is 4.74 Å². The number of ether oxygens (including phenoxy) is 1. The average molecular weight is 484 g/mol. The number of nitrogens with zero attached hydrogens (tertiary/aromatic N) is 5. The van der Waals surface area contributed by atoms with Gasteiger partial charge in [0, 0.05) is 50.4 Å². The molecular formula is C24H33N7O2S. The Kier molecular flexibility index (Phi) is 6.35. The second-order valence-electron chi connectivity index (χ2n) is 9.92. The molecule has 2 amide bonds. The summed E-state index contributed by atoms with van der Waals surface area (Å²) in [5, 5.41) is 12.5. The van der Waals surface area contributed by atoms with Crippen LogP contribution in [0, 0.1) is 0 Å². The van der Waals surface area contributed by atoms with Gasteiger partial charge in [-0.15, -0.1) is 5.10 Å². The first-order valence-electron chi connectivity index (χ1n) is 12.0. The van der Waals surface area contributed by atoms with Crippen molar-refractivity contribution in [3.63, 3.8) is 0 Å². The SMILES string of the molecule is CC(C)(C)Nc1c(-c2ccccc2)nc2sc(N3CCN(C(=O)NCC4CCCO4)CC3)nn12. The standard InChI is InChI=1S/C24H33N7O2S/c1-24(2,3)27-20-19(17-8-5-4-6-9-17)26-22-31(20)28-23(34-22)30-13-11-29(12-14-30)21(32)25-16-18-10-7-15-33-18/h4-6,8-9,18,27H,7,10-16H2,1-3H3,(H,25,32). The van der Waals surface area contributed by atoms with Gasteiger partial charge in [-0.3, -0.25) is 0 Å². The van der Waals surface area contributed by atoms with Crippen LogP contribution in [0.3, 0.4) is 0 Å². The smallest absolute Gasteiger partial charge is 0.317 e. The molecule has 5 rings (SSSR count). The average Bonchev–Trinajstić information content (AvgIpc) is 3.55. The van der Waals surface area contributed by atoms with E-state index in [0.29, 0.717) is 19.6 Å². The number of amides is 2. The highest BCUT2D eigenvalue weighted by atomic mass is 32.1. The van der Waals surface area contributed by atoms with Crippen LogP contribution in [0.2, 0.25) is 0 Å². The van der Waals surface area contributed by atoms with E-state index in [1.54, 1.807) is 11.3 Å². The number of aromatic nitrogens is 3. The normalized spacial score (nSPS) is 19.1. The van der Waals surface area contributed by atoms with Crippen LogP contribution in [0.1, 0.15) is 33.6 Å². The molecule has 0 spiro atoms. The summed E-state index contributed by atoms with van der Waals surface area (Å²) < 4.78 is 7.53. The molecule has 2 fully saturated rings. The number of imidazole rings is 1. The Morgan fingerprint density at radius 2 is 1.94 bits per heavy atom. The first-order valence-corrected chi connectivity index (χ1v) is 12.8. The Labute approximate surface area is 204 Å². The van der Waals surface area contributed by atoms with Gasteiger partial charge in [0.25, 0.3) is 0 Å². The van der Waals surface area contributed by atoms with Crippen molar-refractivity contribution in [1.82, 2.24) is 24.8 Å². The zero-order valence-corrected chi connectivity index (χ0v) is 20.9. The van der Waals surface area contributed by atoms with E-state index in [9.17, 15) is 4.79 Å². The number of benzene rings is 1. The van der Waals surface area contributed by atoms with Gasteiger partial charge in [0.15, 0.2) is 5.82 Å². The number of piperazine rings is 1. The maximum atomic E-state index is 12.6. The van der Waals surface area contributed by atoms with Crippen LogP contribution in [0.4, 0.5) is 15.7 Å². The van der Waals surface area contributed by atoms with Crippen molar-refractivity contribution >= 4 is 33.3 Å². The van der Waals surface area contributed by atoms with Crippen molar-refractivity contribution in [2.75, 3.05) is 49.5 Å². The highest BCUT2D eigenvalue weighted by molar-refractivity contribution is 7.20. The number of urea groups is 1. The molecule has 0 radical (unpaired) electrons. The van der Waals surface area contributed by atoms with Gasteiger partial charge in [0.2, 0.25) is 10.1 Å². The second-order valence-corrected chi connectivity index (χ2v) is 10.9. The predicted octanol–water partition coefficient (Wildman–Crippen LogP) is 3.68. The van der Waals surface area contributed by atoms with E-state index in [1.807, 2.05) is 27.6 Å². The van der Waals surface area contributed by atoms with Crippen molar-refractivity contribution in [2.24, 2.45) is 0 Å². The van der Waals surface area contributed by atoms with Crippen LogP contribution in [0.25, 0.3) is 16.2 Å². The zero-order chi connectivity index (χ0) is 23.7. The monoisotopic (exact) mass is 483 g/mol. The first-order chi connectivity index (χ1) is 16.4. The molecule has 9 nitrogen and oxygen atoms in total. The fourth-order valence-corrected chi connectivity index (χ4v) is 5.30. The van der Waals surface area contributed by atoms with Gasteiger partial charge in [0.1, 0.15) is 5.69 Å². The molecule has 10 heteroatoms. The van der Waals surface area contributed by atoms with Crippen LogP contribution in [-0.4, -0.2) is 76.5 Å². The van der Waals surface area contributed by atoms with Crippen molar-refractivity contribution in [2.45, 2.75) is 45.3 Å². The molecule has 182 valence electrons. The molecule has 1 atom stereocenters. The van der Waals surface area contributed by atoms with Gasteiger partial charge >= 0.3 is 6.03 Å². The molecule has 1 aromatic carbocycles. The van der Waals surface area contributed by atoms with E-state index in [-0.39, 0.29) is 17.7 Å². The minimum atomic E-state index is -0.133. The van der Waals surface area contributed by atoms with E-state index in [0.717, 1.165) is 59.7 Å². The second kappa shape index (κ2) is 9.42. The lowest BCUT2D eigenvalue weighted by atomic mass is 10.1. The lowest BCUT2D eigenvalue weighted by Gasteiger charge is -2.34. The van der Waals surface area contributed by atoms with E-state index >= 15 is 0 Å². The fraction of sp³-hybridized carbons (Fsp3) is 0.542. The zero-order valence-electron chi connectivity index (χ0n) is 20.1. The molecule has 2 saturated heterocycles. The van der Waals surface area contributed by atoms with Crippen LogP contribution >= 0.6 is 11.3 Å². The Balaban J connectivity index is 1.29. The summed E-state index contributed by atoms with van der Waals surface area (Å²) >= 11 is 1.59. The number of carbonyl (C=O) groups excluding carboxylic acids is 1. The van der Waals surface area contributed by atoms with E-state index in [2.05, 4.69) is 48.4 Å². The number of fused-ring (bicyclic) bond motifs is 1. The number of carbonyl (C=O) groups is 1. The van der Waals surface area contributed by atoms with Crippen molar-refractivity contribution in [1.29, 1.82) is 0 Å². The predicted molar refractivity (Wildman–Crippen MR) is 136 cm³/mol. The van der Waals surface area contributed by atoms with Crippen LogP contribution in [0.5, 0.6) is 0 Å². The number of hydrogen-bond acceptors (Lipinski definition) is 7. The molecule has 1 unspecified atom stereocenters. The number of anilines is 2. The lowest BCUT2D eigenvalue weighted by Crippen LogP contribution is -2.52. The van der Waals surface area contributed by atoms with E-state index in [4.69, 9.17) is 14.8 Å². The molecule has 0 aliphatic carbocycles. The lowest BCUT2D eigenvalue weighted by molar-refractivity contribution is 0.108. The summed E-state index contributed by atoms with van der Waals surface area (Å²) in [6.07, 6.45) is 2.27. The number of hydrogen-bond donors (Lipinski definition) is 2. The minimum absolute atomic E-state index is 0.00624. The molecular weight excluding hydrogens is 450 g/mol. The summed E-state index contributed by atoms with van der Waals surface area (Å²) in [6, 6.07) is 10.2. The largest absolute Gasteiger partial charge is 0.376 e. The highest BCUT2D eigenvalue weighted by Crippen LogP contribution is 2.34. The van der Waals surface area contributed by atoms with Gasteiger partial charge < -0.3 is 25.2 Å². The first kappa shape index (κ1) is 22.9. The number of nitrogens with one attached hydrogen (secondary N) is 2. The topological polar surface area (TPSA) is 87.0 Å². The van der Waals surface area contributed by atoms with Crippen LogP contribution < -0.4 is 15.5 Å². The molecule has 3 aromatic rings. The summed E-state index contributed by atoms with van der Waals surface area (Å²) in [4.78, 5) is 22.5. The Morgan fingerprint density at radius 1 is 1.18 bits per heavy atom. The maximum absolute atomic E-state index is 12.6. The molecule has 0 bridgehead atoms. The van der Waals surface area contributed by atoms with Crippen molar-refractivity contribution in [3.8, 4) is 11.3 Å². The third kappa shape index (κ3) is 4.97. The van der Waals surface area contributed by atoms with Gasteiger partial charge in [0.05, 0.1) is 6.10 Å². The van der Waals surface area contributed by atoms with Gasteiger partial charge in [-0.05, 0) is 33.6 Å². The van der Waals surface area contributed by atoms with Crippen LogP contribution in [0.15, 0.2) is 30.3 Å². The Hall–Kier alpha value is -2.85. The molecule has 2 aliphatic heterocycles. The molecule has 4 heterocycles. The van der Waals surface area contributed by atoms with Crippen molar-refractivity contribution < 1.29 is 9.53 Å². The highest BCUT2D eigenvalue weighted by Gasteiger charge is 2.27. The quantitative estimate of drug-likeness (QED) is 0.576. The van der Waals surface area contributed by atoms with Gasteiger partial charge in [-0.25, -0.2) is 9.78 Å². The van der Waals surface area contributed by atoms with Gasteiger partial charge in [-0.1, -0.05) is 41.7 Å². The Bertz CT molecular complexity index is 1120. The molecule has 2 aliphatic rings. The maximum Gasteiger partial charge on any atom is 0.317 e. The van der Waals surface area contributed by atoms with Crippen molar-refractivity contribution in [3.05, 3.63) is 30.3 Å². The minimum Gasteiger partial charge on any atom is -0.376 e. The molecule has 2 aromatic heterocycles. The van der Waals surface area contributed by atoms with Gasteiger partial charge in [-0.2, -0.15) is 4.52 Å². The Morgan fingerprint density at radius 3 is 2.62 bits per heavy atom. The summed E-state index contributed by atoms with van der Waals surface area (Å²) in [5.74, 6) is 0.906. The number of rotatable bonds is 5. The summed E-state index contributed by atoms with van der Waals surface area (Å²) in [7, 11) is 0. The van der Waals surface area contributed by atoms with E-state index in [1.165, 1.54) is 0 Å². The molecule has 34 heavy (non-hydrogen) atoms. The third-order valence-corrected chi connectivity index (χ3v) is 7.05. The molecule has 0 saturated carbocycles. The third-order valence-electron chi connectivity index (χ3n) is 6.08.